The van der Waals surface area contributed by atoms with Gasteiger partial charge in [-0.3, -0.25) is 19.3 Å². The van der Waals surface area contributed by atoms with Crippen LogP contribution in [0.15, 0.2) is 56.2 Å². The first kappa shape index (κ1) is 24.8. The van der Waals surface area contributed by atoms with Crippen molar-refractivity contribution in [2.75, 3.05) is 18.5 Å². The third-order valence-electron chi connectivity index (χ3n) is 5.64. The Labute approximate surface area is 216 Å². The number of nitrogens with one attached hydrogen (secondary N) is 2. The highest BCUT2D eigenvalue weighted by Gasteiger charge is 2.53. The minimum Gasteiger partial charge on any atom is -0.543 e. The van der Waals surface area contributed by atoms with Gasteiger partial charge in [-0.15, -0.1) is 11.8 Å². The maximum atomic E-state index is 13.0. The summed E-state index contributed by atoms with van der Waals surface area (Å²) in [6.07, 6.45) is 4.09. The van der Waals surface area contributed by atoms with Gasteiger partial charge in [-0.05, 0) is 6.07 Å². The van der Waals surface area contributed by atoms with Gasteiger partial charge in [0.1, 0.15) is 17.0 Å². The van der Waals surface area contributed by atoms with Crippen LogP contribution in [0.25, 0.3) is 11.0 Å². The second kappa shape index (κ2) is 9.85. The van der Waals surface area contributed by atoms with Crippen molar-refractivity contribution in [3.63, 3.8) is 0 Å². The number of hydrogen-bond donors (Lipinski definition) is 3. The van der Waals surface area contributed by atoms with Crippen molar-refractivity contribution in [1.82, 2.24) is 25.7 Å². The Kier molecular flexibility index (Phi) is 6.41. The fraction of sp³-hybridized carbons (Fsp3) is 0.238. The zero-order chi connectivity index (χ0) is 27.0. The van der Waals surface area contributed by atoms with E-state index in [1.807, 2.05) is 0 Å². The summed E-state index contributed by atoms with van der Waals surface area (Å²) in [5, 5.41) is 23.7. The Morgan fingerprint density at radius 2 is 2.21 bits per heavy atom. The lowest BCUT2D eigenvalue weighted by Crippen LogP contribution is -2.71. The van der Waals surface area contributed by atoms with Gasteiger partial charge in [-0.1, -0.05) is 10.3 Å². The number of anilines is 1. The first-order valence-corrected chi connectivity index (χ1v) is 11.9. The largest absolute Gasteiger partial charge is 0.543 e. The van der Waals surface area contributed by atoms with Crippen molar-refractivity contribution < 1.29 is 42.6 Å². The number of β-lactam (4-membered cyclic amide) rings is 1. The van der Waals surface area contributed by atoms with Crippen LogP contribution in [0.3, 0.4) is 0 Å². The maximum absolute atomic E-state index is 13.0. The van der Waals surface area contributed by atoms with Gasteiger partial charge in [0.15, 0.2) is 18.9 Å². The number of pyridine rings is 1. The molecule has 1 fully saturated rings. The maximum Gasteiger partial charge on any atom is 0.433 e. The van der Waals surface area contributed by atoms with Gasteiger partial charge in [-0.2, -0.15) is 4.98 Å². The molecule has 3 aromatic rings. The first-order valence-electron chi connectivity index (χ1n) is 10.9. The zero-order valence-corrected chi connectivity index (χ0v) is 20.3. The minimum atomic E-state index is -1.52. The topological polar surface area (TPSA) is 222 Å². The molecule has 17 heteroatoms. The number of furan rings is 1. The van der Waals surface area contributed by atoms with Crippen molar-refractivity contribution in [2.24, 2.45) is 5.16 Å². The number of fused-ring (bicyclic) bond motifs is 2. The van der Waals surface area contributed by atoms with Gasteiger partial charge in [0.2, 0.25) is 11.5 Å². The Hall–Kier alpha value is -4.93. The molecule has 0 bridgehead atoms. The number of hydrogen-bond acceptors (Lipinski definition) is 13. The van der Waals surface area contributed by atoms with Crippen molar-refractivity contribution >= 4 is 58.3 Å². The van der Waals surface area contributed by atoms with Crippen LogP contribution in [0.5, 0.6) is 0 Å². The molecule has 2 atom stereocenters. The number of carboxylic acids is 1. The summed E-state index contributed by atoms with van der Waals surface area (Å²) in [5.41, 5.74) is 5.68. The monoisotopic (exact) mass is 542 g/mol. The standard InChI is InChI=1S/C21H18N8O8S/c1-23-21(34)37-26-12(15-25-20(22)36-27-15)16(30)24-13-17(31)29-14(19(32)33)10(8-38-18(13)29)7-28-4-2-11-9(6-28)3-5-35-11/h2-6,13,18H,7-8H2,1H3,(H4-,22,23,24,25,27,30,32,33,34)/t13?,18-/m0/s1. The average molecular weight is 542 g/mol. The Morgan fingerprint density at radius 3 is 2.92 bits per heavy atom. The smallest absolute Gasteiger partial charge is 0.433 e. The summed E-state index contributed by atoms with van der Waals surface area (Å²) >= 11 is 1.26. The van der Waals surface area contributed by atoms with Gasteiger partial charge in [-0.25, -0.2) is 9.36 Å². The van der Waals surface area contributed by atoms with Gasteiger partial charge in [0.05, 0.1) is 23.3 Å². The van der Waals surface area contributed by atoms with Crippen molar-refractivity contribution in [1.29, 1.82) is 0 Å². The van der Waals surface area contributed by atoms with Crippen molar-refractivity contribution in [3.8, 4) is 0 Å². The predicted octanol–water partition coefficient (Wildman–Crippen LogP) is -2.15. The molecule has 0 saturated carbocycles. The zero-order valence-electron chi connectivity index (χ0n) is 19.4. The molecule has 2 aliphatic heterocycles. The van der Waals surface area contributed by atoms with E-state index in [2.05, 4.69) is 35.3 Å². The molecule has 196 valence electrons. The molecule has 3 amide bonds. The van der Waals surface area contributed by atoms with Crippen LogP contribution in [-0.4, -0.2) is 68.8 Å². The Morgan fingerprint density at radius 1 is 1.39 bits per heavy atom. The molecule has 0 spiro atoms. The second-order valence-electron chi connectivity index (χ2n) is 7.98. The predicted molar refractivity (Wildman–Crippen MR) is 124 cm³/mol. The molecule has 0 radical (unpaired) electrons. The highest BCUT2D eigenvalue weighted by molar-refractivity contribution is 8.00. The number of aliphatic carboxylic acids is 1. The van der Waals surface area contributed by atoms with Gasteiger partial charge >= 0.3 is 12.1 Å². The van der Waals surface area contributed by atoms with Crippen LogP contribution >= 0.6 is 11.8 Å². The summed E-state index contributed by atoms with van der Waals surface area (Å²) < 4.78 is 11.7. The molecular weight excluding hydrogens is 524 g/mol. The lowest BCUT2D eigenvalue weighted by atomic mass is 10.0. The number of rotatable bonds is 7. The quantitative estimate of drug-likeness (QED) is 0.0956. The summed E-state index contributed by atoms with van der Waals surface area (Å²) in [6.45, 7) is 0.192. The number of thioether (sulfide) groups is 1. The van der Waals surface area contributed by atoms with E-state index >= 15 is 0 Å². The van der Waals surface area contributed by atoms with Crippen LogP contribution in [0.1, 0.15) is 5.82 Å². The molecule has 3 aromatic heterocycles. The third kappa shape index (κ3) is 4.49. The number of nitrogen functional groups attached to an aromatic ring is 1. The second-order valence-corrected chi connectivity index (χ2v) is 9.09. The van der Waals surface area contributed by atoms with Crippen LogP contribution in [0, 0.1) is 0 Å². The number of carbonyl (C=O) groups excluding carboxylic acids is 4. The van der Waals surface area contributed by atoms with E-state index in [1.165, 1.54) is 18.8 Å². The summed E-state index contributed by atoms with van der Waals surface area (Å²) in [5.74, 6) is -3.32. The third-order valence-corrected chi connectivity index (χ3v) is 6.98. The van der Waals surface area contributed by atoms with E-state index in [9.17, 15) is 24.3 Å². The molecular formula is C21H18N8O8S. The van der Waals surface area contributed by atoms with Crippen LogP contribution in [-0.2, 0) is 25.8 Å². The SMILES string of the molecule is CNC(=O)ON=C(C(=O)NC1C(=O)N2C(C(=O)[O-])=C(C[n+]3ccc4occc4c3)CS[C@@H]12)c1noc(N)n1. The summed E-state index contributed by atoms with van der Waals surface area (Å²) in [6, 6.07) is 2.03. The molecule has 4 N–H and O–H groups in total. The minimum absolute atomic E-state index is 0.192. The van der Waals surface area contributed by atoms with E-state index < -0.39 is 46.8 Å². The van der Waals surface area contributed by atoms with E-state index in [0.29, 0.717) is 11.2 Å². The van der Waals surface area contributed by atoms with Crippen LogP contribution in [0.4, 0.5) is 10.8 Å². The lowest BCUT2D eigenvalue weighted by molar-refractivity contribution is -0.687. The average Bonchev–Trinajstić information content (AvgIpc) is 3.55. The number of nitrogens with zero attached hydrogens (tertiary/aromatic N) is 5. The molecule has 38 heavy (non-hydrogen) atoms. The van der Waals surface area contributed by atoms with Gasteiger partial charge < -0.3 is 35.2 Å². The summed E-state index contributed by atoms with van der Waals surface area (Å²) in [4.78, 5) is 58.7. The number of carbonyl (C=O) groups is 4. The Bertz CT molecular complexity index is 1530. The van der Waals surface area contributed by atoms with Crippen LogP contribution < -0.4 is 26.0 Å². The molecule has 2 aliphatic rings. The fourth-order valence-electron chi connectivity index (χ4n) is 3.93. The number of nitrogens with two attached hydrogens (primary N) is 1. The van der Waals surface area contributed by atoms with Crippen molar-refractivity contribution in [3.05, 3.63) is 47.9 Å². The van der Waals surface area contributed by atoms with Crippen LogP contribution in [0.2, 0.25) is 0 Å². The molecule has 1 unspecified atom stereocenters. The normalized spacial score (nSPS) is 19.1. The van der Waals surface area contributed by atoms with E-state index in [0.717, 1.165) is 10.3 Å². The van der Waals surface area contributed by atoms with E-state index in [-0.39, 0.29) is 24.0 Å². The number of amides is 3. The Balaban J connectivity index is 1.35. The highest BCUT2D eigenvalue weighted by atomic mass is 32.2. The molecule has 0 aromatic carbocycles. The molecule has 1 saturated heterocycles. The van der Waals surface area contributed by atoms with E-state index in [1.54, 1.807) is 35.4 Å². The molecule has 16 nitrogen and oxygen atoms in total. The first-order chi connectivity index (χ1) is 18.3. The molecule has 5 rings (SSSR count). The van der Waals surface area contributed by atoms with E-state index in [4.69, 9.17) is 10.2 Å². The summed E-state index contributed by atoms with van der Waals surface area (Å²) in [7, 11) is 1.27. The van der Waals surface area contributed by atoms with Crippen molar-refractivity contribution in [2.45, 2.75) is 18.0 Å². The number of oxime groups is 1. The lowest BCUT2D eigenvalue weighted by Gasteiger charge is -2.50. The highest BCUT2D eigenvalue weighted by Crippen LogP contribution is 2.40. The number of carboxylic acid groups (broad SMARTS) is 1. The van der Waals surface area contributed by atoms with Gasteiger partial charge in [0.25, 0.3) is 11.8 Å². The molecule has 0 aliphatic carbocycles. The van der Waals surface area contributed by atoms with Gasteiger partial charge in [0, 0.05) is 24.4 Å². The number of aromatic nitrogens is 3. The molecule has 5 heterocycles. The fourth-order valence-corrected chi connectivity index (χ4v) is 5.26.